The van der Waals surface area contributed by atoms with Gasteiger partial charge in [0.2, 0.25) is 0 Å². The van der Waals surface area contributed by atoms with Crippen molar-refractivity contribution < 1.29 is 0 Å². The van der Waals surface area contributed by atoms with Crippen molar-refractivity contribution in [1.82, 2.24) is 0 Å². The third kappa shape index (κ3) is 3.62. The number of rotatable bonds is 4. The quantitative estimate of drug-likeness (QED) is 0.672. The van der Waals surface area contributed by atoms with E-state index in [1.54, 1.807) is 0 Å². The molecule has 110 valence electrons. The summed E-state index contributed by atoms with van der Waals surface area (Å²) >= 11 is 9.18. The van der Waals surface area contributed by atoms with Gasteiger partial charge in [-0.15, -0.1) is 11.8 Å². The van der Waals surface area contributed by atoms with Gasteiger partial charge >= 0.3 is 0 Å². The number of anilines is 1. The summed E-state index contributed by atoms with van der Waals surface area (Å²) in [5.41, 5.74) is 8.27. The number of thiocarbonyl (C=S) groups is 1. The summed E-state index contributed by atoms with van der Waals surface area (Å²) in [6.45, 7) is 8.86. The van der Waals surface area contributed by atoms with Crippen LogP contribution in [0.5, 0.6) is 0 Å². The Morgan fingerprint density at radius 1 is 1.40 bits per heavy atom. The van der Waals surface area contributed by atoms with E-state index in [2.05, 4.69) is 55.6 Å². The maximum atomic E-state index is 6.01. The van der Waals surface area contributed by atoms with Gasteiger partial charge in [-0.1, -0.05) is 39.1 Å². The third-order valence-electron chi connectivity index (χ3n) is 3.31. The van der Waals surface area contributed by atoms with Crippen molar-refractivity contribution in [3.05, 3.63) is 23.8 Å². The molecule has 1 saturated heterocycles. The first-order chi connectivity index (χ1) is 9.52. The molecule has 1 aliphatic heterocycles. The zero-order valence-electron chi connectivity index (χ0n) is 12.3. The minimum atomic E-state index is 0.509. The standard InChI is InChI=1S/C15H22N2S3/c1-4-19-13-7-5-6-12(14(13)15(16)18)17-8-10(2)20-11(3)9-17/h5-7,10-11H,4,8-9H2,1-3H3,(H2,16,18). The Morgan fingerprint density at radius 2 is 2.05 bits per heavy atom. The monoisotopic (exact) mass is 326 g/mol. The van der Waals surface area contributed by atoms with Crippen LogP contribution in [0, 0.1) is 0 Å². The molecule has 2 nitrogen and oxygen atoms in total. The van der Waals surface area contributed by atoms with E-state index < -0.39 is 0 Å². The van der Waals surface area contributed by atoms with Gasteiger partial charge in [0.1, 0.15) is 4.99 Å². The number of nitrogens with two attached hydrogens (primary N) is 1. The second-order valence-electron chi connectivity index (χ2n) is 5.11. The second-order valence-corrected chi connectivity index (χ2v) is 8.74. The predicted octanol–water partition coefficient (Wildman–Crippen LogP) is 3.76. The van der Waals surface area contributed by atoms with Crippen molar-refractivity contribution >= 4 is 46.4 Å². The molecule has 2 unspecified atom stereocenters. The first-order valence-corrected chi connectivity index (χ1v) is 9.32. The van der Waals surface area contributed by atoms with Gasteiger partial charge in [0, 0.05) is 39.7 Å². The first-order valence-electron chi connectivity index (χ1n) is 6.99. The molecule has 0 amide bonds. The Kier molecular flexibility index (Phi) is 5.64. The lowest BCUT2D eigenvalue weighted by atomic mass is 10.1. The highest BCUT2D eigenvalue weighted by Gasteiger charge is 2.25. The molecule has 1 aromatic rings. The zero-order chi connectivity index (χ0) is 14.7. The van der Waals surface area contributed by atoms with Crippen LogP contribution in [0.15, 0.2) is 23.1 Å². The number of hydrogen-bond acceptors (Lipinski definition) is 4. The maximum absolute atomic E-state index is 6.01. The number of benzene rings is 1. The summed E-state index contributed by atoms with van der Waals surface area (Å²) in [4.78, 5) is 4.16. The van der Waals surface area contributed by atoms with Gasteiger partial charge in [-0.2, -0.15) is 11.8 Å². The summed E-state index contributed by atoms with van der Waals surface area (Å²) in [7, 11) is 0. The largest absolute Gasteiger partial charge is 0.389 e. The van der Waals surface area contributed by atoms with Crippen LogP contribution in [0.1, 0.15) is 26.3 Å². The Morgan fingerprint density at radius 3 is 2.60 bits per heavy atom. The van der Waals surface area contributed by atoms with Gasteiger partial charge in [0.15, 0.2) is 0 Å². The predicted molar refractivity (Wildman–Crippen MR) is 97.5 cm³/mol. The number of thioether (sulfide) groups is 2. The van der Waals surface area contributed by atoms with Crippen LogP contribution in [-0.4, -0.2) is 34.3 Å². The van der Waals surface area contributed by atoms with Crippen molar-refractivity contribution in [2.75, 3.05) is 23.7 Å². The minimum absolute atomic E-state index is 0.509. The van der Waals surface area contributed by atoms with Crippen molar-refractivity contribution in [3.8, 4) is 0 Å². The number of hydrogen-bond donors (Lipinski definition) is 1. The van der Waals surface area contributed by atoms with Crippen LogP contribution >= 0.6 is 35.7 Å². The van der Waals surface area contributed by atoms with Crippen LogP contribution < -0.4 is 10.6 Å². The molecular formula is C15H22N2S3. The summed E-state index contributed by atoms with van der Waals surface area (Å²) in [6, 6.07) is 6.40. The van der Waals surface area contributed by atoms with Gasteiger partial charge in [-0.05, 0) is 17.9 Å². The fourth-order valence-corrected chi connectivity index (χ4v) is 5.13. The smallest absolute Gasteiger partial charge is 0.107 e. The van der Waals surface area contributed by atoms with E-state index in [1.165, 1.54) is 10.6 Å². The van der Waals surface area contributed by atoms with E-state index in [0.29, 0.717) is 15.5 Å². The van der Waals surface area contributed by atoms with Crippen LogP contribution in [0.4, 0.5) is 5.69 Å². The van der Waals surface area contributed by atoms with E-state index in [1.807, 2.05) is 11.8 Å². The van der Waals surface area contributed by atoms with Gasteiger partial charge < -0.3 is 10.6 Å². The van der Waals surface area contributed by atoms with E-state index in [0.717, 1.165) is 24.4 Å². The third-order valence-corrected chi connectivity index (χ3v) is 5.68. The van der Waals surface area contributed by atoms with Crippen LogP contribution in [0.3, 0.4) is 0 Å². The maximum Gasteiger partial charge on any atom is 0.107 e. The molecule has 1 heterocycles. The lowest BCUT2D eigenvalue weighted by Gasteiger charge is -2.37. The van der Waals surface area contributed by atoms with Crippen molar-refractivity contribution in [3.63, 3.8) is 0 Å². The van der Waals surface area contributed by atoms with Crippen molar-refractivity contribution in [2.45, 2.75) is 36.2 Å². The van der Waals surface area contributed by atoms with E-state index in [4.69, 9.17) is 18.0 Å². The zero-order valence-corrected chi connectivity index (χ0v) is 14.7. The molecule has 0 bridgehead atoms. The number of nitrogens with zero attached hydrogens (tertiary/aromatic N) is 1. The Bertz CT molecular complexity index is 480. The fraction of sp³-hybridized carbons (Fsp3) is 0.533. The molecule has 0 aliphatic carbocycles. The minimum Gasteiger partial charge on any atom is -0.389 e. The van der Waals surface area contributed by atoms with Gasteiger partial charge in [-0.3, -0.25) is 0 Å². The highest BCUT2D eigenvalue weighted by Crippen LogP contribution is 2.34. The molecule has 2 rings (SSSR count). The summed E-state index contributed by atoms with van der Waals surface area (Å²) in [6.07, 6.45) is 0. The van der Waals surface area contributed by atoms with Gasteiger partial charge in [-0.25, -0.2) is 0 Å². The van der Waals surface area contributed by atoms with Crippen LogP contribution in [0.2, 0.25) is 0 Å². The van der Waals surface area contributed by atoms with Gasteiger partial charge in [0.05, 0.1) is 0 Å². The molecule has 1 fully saturated rings. The Labute approximate surface area is 135 Å². The molecule has 2 N–H and O–H groups in total. The SMILES string of the molecule is CCSc1cccc(N2CC(C)SC(C)C2)c1C(N)=S. The topological polar surface area (TPSA) is 29.3 Å². The molecule has 1 aliphatic rings. The summed E-state index contributed by atoms with van der Waals surface area (Å²) < 4.78 is 0. The average molecular weight is 327 g/mol. The van der Waals surface area contributed by atoms with E-state index in [-0.39, 0.29) is 0 Å². The summed E-state index contributed by atoms with van der Waals surface area (Å²) in [5, 5.41) is 1.28. The van der Waals surface area contributed by atoms with Gasteiger partial charge in [0.25, 0.3) is 0 Å². The van der Waals surface area contributed by atoms with E-state index in [9.17, 15) is 0 Å². The van der Waals surface area contributed by atoms with Crippen LogP contribution in [0.25, 0.3) is 0 Å². The summed E-state index contributed by atoms with van der Waals surface area (Å²) in [5.74, 6) is 1.03. The lowest BCUT2D eigenvalue weighted by Crippen LogP contribution is -2.41. The molecule has 20 heavy (non-hydrogen) atoms. The Hall–Kier alpha value is -0.390. The average Bonchev–Trinajstić information content (AvgIpc) is 2.37. The van der Waals surface area contributed by atoms with E-state index >= 15 is 0 Å². The normalized spacial score (nSPS) is 22.9. The molecular weight excluding hydrogens is 304 g/mol. The lowest BCUT2D eigenvalue weighted by molar-refractivity contribution is 0.727. The molecule has 0 saturated carbocycles. The second kappa shape index (κ2) is 7.05. The van der Waals surface area contributed by atoms with Crippen molar-refractivity contribution in [1.29, 1.82) is 0 Å². The molecule has 0 radical (unpaired) electrons. The van der Waals surface area contributed by atoms with Crippen LogP contribution in [-0.2, 0) is 0 Å². The highest BCUT2D eigenvalue weighted by atomic mass is 32.2. The molecule has 0 spiro atoms. The highest BCUT2D eigenvalue weighted by molar-refractivity contribution is 8.00. The molecule has 5 heteroatoms. The fourth-order valence-electron chi connectivity index (χ4n) is 2.68. The first kappa shape index (κ1) is 16.0. The van der Waals surface area contributed by atoms with Crippen molar-refractivity contribution in [2.24, 2.45) is 5.73 Å². The molecule has 0 aromatic heterocycles. The molecule has 2 atom stereocenters. The molecule has 1 aromatic carbocycles. The Balaban J connectivity index is 2.39.